The highest BCUT2D eigenvalue weighted by Gasteiger charge is 2.37. The maximum atomic E-state index is 13.2. The van der Waals surface area contributed by atoms with Gasteiger partial charge in [-0.3, -0.25) is 14.7 Å². The van der Waals surface area contributed by atoms with Crippen molar-refractivity contribution in [1.82, 2.24) is 23.8 Å². The van der Waals surface area contributed by atoms with E-state index in [1.54, 1.807) is 6.92 Å². The quantitative estimate of drug-likeness (QED) is 0.795. The second-order valence-electron chi connectivity index (χ2n) is 8.16. The summed E-state index contributed by atoms with van der Waals surface area (Å²) >= 11 is 0. The molecule has 0 aromatic carbocycles. The topological polar surface area (TPSA) is 108 Å². The van der Waals surface area contributed by atoms with Gasteiger partial charge in [0, 0.05) is 42.9 Å². The predicted molar refractivity (Wildman–Crippen MR) is 108 cm³/mol. The van der Waals surface area contributed by atoms with Gasteiger partial charge >= 0.3 is 0 Å². The molecule has 0 bridgehead atoms. The number of nitrogens with one attached hydrogen (secondary N) is 1. The van der Waals surface area contributed by atoms with Crippen LogP contribution in [0.3, 0.4) is 0 Å². The van der Waals surface area contributed by atoms with Gasteiger partial charge in [0.25, 0.3) is 5.56 Å². The average molecular weight is 422 g/mol. The number of carbonyl (C=O) groups is 1. The van der Waals surface area contributed by atoms with E-state index >= 15 is 0 Å². The van der Waals surface area contributed by atoms with E-state index < -0.39 is 10.0 Å². The average Bonchev–Trinajstić information content (AvgIpc) is 3.32. The van der Waals surface area contributed by atoms with Crippen LogP contribution in [0.4, 0.5) is 0 Å². The molecule has 1 atom stereocenters. The van der Waals surface area contributed by atoms with Crippen LogP contribution in [0, 0.1) is 19.8 Å². The minimum Gasteiger partial charge on any atom is -0.334 e. The number of carbonyl (C=O) groups excluding carboxylic acids is 1. The normalized spacial score (nSPS) is 21.9. The molecule has 1 N–H and O–H groups in total. The monoisotopic (exact) mass is 421 g/mol. The van der Waals surface area contributed by atoms with E-state index in [0.29, 0.717) is 49.4 Å². The van der Waals surface area contributed by atoms with Crippen LogP contribution in [0.5, 0.6) is 0 Å². The van der Waals surface area contributed by atoms with Gasteiger partial charge < -0.3 is 4.90 Å². The third kappa shape index (κ3) is 3.59. The molecule has 9 nitrogen and oxygen atoms in total. The Kier molecular flexibility index (Phi) is 5.02. The van der Waals surface area contributed by atoms with Crippen molar-refractivity contribution in [3.05, 3.63) is 33.4 Å². The molecule has 1 unspecified atom stereocenters. The number of hydrogen-bond donors (Lipinski definition) is 1. The Balaban J connectivity index is 1.55. The number of piperidine rings is 1. The van der Waals surface area contributed by atoms with Crippen LogP contribution in [0.1, 0.15) is 48.7 Å². The first-order valence-corrected chi connectivity index (χ1v) is 11.9. The smallest absolute Gasteiger partial charge is 0.275 e. The third-order valence-electron chi connectivity index (χ3n) is 6.27. The van der Waals surface area contributed by atoms with Crippen LogP contribution < -0.4 is 5.56 Å². The van der Waals surface area contributed by atoms with Crippen LogP contribution in [0.25, 0.3) is 5.65 Å². The van der Waals surface area contributed by atoms with Gasteiger partial charge in [-0.2, -0.15) is 0 Å². The number of amides is 1. The van der Waals surface area contributed by atoms with Crippen LogP contribution in [-0.2, 0) is 14.8 Å². The van der Waals surface area contributed by atoms with E-state index in [2.05, 4.69) is 10.1 Å². The SMILES string of the molecule is Cc1nc2cc(C3CCCN3C(=O)C3CCN(S(C)(=O)=O)CC3)[nH]n2c(=O)c1C. The van der Waals surface area contributed by atoms with Crippen molar-refractivity contribution >= 4 is 21.6 Å². The molecular weight excluding hydrogens is 394 g/mol. The lowest BCUT2D eigenvalue weighted by molar-refractivity contribution is -0.137. The van der Waals surface area contributed by atoms with Crippen LogP contribution >= 0.6 is 0 Å². The van der Waals surface area contributed by atoms with Gasteiger partial charge in [-0.25, -0.2) is 22.2 Å². The van der Waals surface area contributed by atoms with Gasteiger partial charge in [0.1, 0.15) is 0 Å². The molecule has 2 fully saturated rings. The van der Waals surface area contributed by atoms with Crippen molar-refractivity contribution in [3.8, 4) is 0 Å². The van der Waals surface area contributed by atoms with Crippen molar-refractivity contribution in [3.63, 3.8) is 0 Å². The molecule has 2 aromatic heterocycles. The number of aryl methyl sites for hydroxylation is 1. The zero-order valence-electron chi connectivity index (χ0n) is 17.0. The van der Waals surface area contributed by atoms with Crippen molar-refractivity contribution in [2.45, 2.75) is 45.6 Å². The number of aromatic amines is 1. The van der Waals surface area contributed by atoms with Gasteiger partial charge in [0.15, 0.2) is 5.65 Å². The molecule has 0 aliphatic carbocycles. The molecule has 4 rings (SSSR count). The van der Waals surface area contributed by atoms with Gasteiger partial charge in [-0.1, -0.05) is 0 Å². The number of sulfonamides is 1. The van der Waals surface area contributed by atoms with Crippen LogP contribution in [-0.4, -0.2) is 64.0 Å². The molecule has 158 valence electrons. The molecular formula is C19H27N5O4S. The standard InChI is InChI=1S/C19H27N5O4S/c1-12-13(2)20-17-11-15(21-24(17)18(12)25)16-5-4-8-23(16)19(26)14-6-9-22(10-7-14)29(3,27)28/h11,14,16,21H,4-10H2,1-3H3. The van der Waals surface area contributed by atoms with Crippen molar-refractivity contribution in [2.24, 2.45) is 5.92 Å². The fraction of sp³-hybridized carbons (Fsp3) is 0.632. The van der Waals surface area contributed by atoms with Crippen molar-refractivity contribution in [1.29, 1.82) is 0 Å². The van der Waals surface area contributed by atoms with E-state index in [9.17, 15) is 18.0 Å². The Bertz CT molecular complexity index is 1110. The summed E-state index contributed by atoms with van der Waals surface area (Å²) in [4.78, 5) is 32.1. The second-order valence-corrected chi connectivity index (χ2v) is 10.1. The molecule has 2 aliphatic heterocycles. The molecule has 0 saturated carbocycles. The number of H-pyrrole nitrogens is 1. The Labute approximate surface area is 169 Å². The highest BCUT2D eigenvalue weighted by atomic mass is 32.2. The Morgan fingerprint density at radius 1 is 1.17 bits per heavy atom. The van der Waals surface area contributed by atoms with Crippen molar-refractivity contribution < 1.29 is 13.2 Å². The summed E-state index contributed by atoms with van der Waals surface area (Å²) < 4.78 is 26.3. The molecule has 0 spiro atoms. The zero-order chi connectivity index (χ0) is 20.9. The molecule has 1 amide bonds. The molecule has 10 heteroatoms. The van der Waals surface area contributed by atoms with E-state index in [0.717, 1.165) is 18.5 Å². The molecule has 2 saturated heterocycles. The third-order valence-corrected chi connectivity index (χ3v) is 7.57. The molecule has 0 radical (unpaired) electrons. The van der Waals surface area contributed by atoms with E-state index in [4.69, 9.17) is 0 Å². The molecule has 2 aliphatic rings. The van der Waals surface area contributed by atoms with Crippen LogP contribution in [0.2, 0.25) is 0 Å². The fourth-order valence-corrected chi connectivity index (χ4v) is 5.31. The fourth-order valence-electron chi connectivity index (χ4n) is 4.43. The molecule has 4 heterocycles. The van der Waals surface area contributed by atoms with E-state index in [-0.39, 0.29) is 23.4 Å². The second kappa shape index (κ2) is 7.24. The summed E-state index contributed by atoms with van der Waals surface area (Å²) in [6.07, 6.45) is 4.02. The maximum Gasteiger partial charge on any atom is 0.275 e. The van der Waals surface area contributed by atoms with Gasteiger partial charge in [0.05, 0.1) is 18.0 Å². The van der Waals surface area contributed by atoms with Gasteiger partial charge in [-0.05, 0) is 39.5 Å². The van der Waals surface area contributed by atoms with Gasteiger partial charge in [-0.15, -0.1) is 0 Å². The first-order chi connectivity index (χ1) is 13.7. The lowest BCUT2D eigenvalue weighted by Gasteiger charge is -2.33. The summed E-state index contributed by atoms with van der Waals surface area (Å²) in [6.45, 7) is 5.02. The number of hydrogen-bond acceptors (Lipinski definition) is 5. The summed E-state index contributed by atoms with van der Waals surface area (Å²) in [5, 5.41) is 3.15. The van der Waals surface area contributed by atoms with E-state index in [1.165, 1.54) is 15.1 Å². The minimum absolute atomic E-state index is 0.0759. The summed E-state index contributed by atoms with van der Waals surface area (Å²) in [5.41, 5.74) is 2.57. The number of fused-ring (bicyclic) bond motifs is 1. The first kappa shape index (κ1) is 20.1. The molecule has 29 heavy (non-hydrogen) atoms. The number of nitrogens with zero attached hydrogens (tertiary/aromatic N) is 4. The number of likely N-dealkylation sites (tertiary alicyclic amines) is 1. The Hall–Kier alpha value is -2.20. The lowest BCUT2D eigenvalue weighted by Crippen LogP contribution is -2.44. The Morgan fingerprint density at radius 3 is 2.52 bits per heavy atom. The summed E-state index contributed by atoms with van der Waals surface area (Å²) in [5.74, 6) is -0.0877. The van der Waals surface area contributed by atoms with Crippen LogP contribution in [0.15, 0.2) is 10.9 Å². The zero-order valence-corrected chi connectivity index (χ0v) is 17.8. The number of aromatic nitrogens is 3. The number of rotatable bonds is 3. The predicted octanol–water partition coefficient (Wildman–Crippen LogP) is 0.975. The molecule has 2 aromatic rings. The highest BCUT2D eigenvalue weighted by molar-refractivity contribution is 7.88. The van der Waals surface area contributed by atoms with Crippen molar-refractivity contribution in [2.75, 3.05) is 25.9 Å². The minimum atomic E-state index is -3.21. The Morgan fingerprint density at radius 2 is 1.86 bits per heavy atom. The summed E-state index contributed by atoms with van der Waals surface area (Å²) in [7, 11) is -3.21. The maximum absolute atomic E-state index is 13.2. The summed E-state index contributed by atoms with van der Waals surface area (Å²) in [6, 6.07) is 1.74. The first-order valence-electron chi connectivity index (χ1n) is 10.0. The lowest BCUT2D eigenvalue weighted by atomic mass is 9.96. The van der Waals surface area contributed by atoms with E-state index in [1.807, 2.05) is 17.9 Å². The highest BCUT2D eigenvalue weighted by Crippen LogP contribution is 2.34. The van der Waals surface area contributed by atoms with Gasteiger partial charge in [0.2, 0.25) is 15.9 Å². The largest absolute Gasteiger partial charge is 0.334 e.